The molecule has 0 aromatic carbocycles. The fraction of sp³-hybridized carbons (Fsp3) is 0.571. The van der Waals surface area contributed by atoms with Gasteiger partial charge in [-0.3, -0.25) is 4.79 Å². The van der Waals surface area contributed by atoms with E-state index in [1.807, 2.05) is 7.05 Å². The second kappa shape index (κ2) is 3.30. The number of likely N-dealkylation sites (N-methyl/N-ethyl adjacent to an activating group) is 1. The van der Waals surface area contributed by atoms with Gasteiger partial charge in [-0.15, -0.1) is 0 Å². The van der Waals surface area contributed by atoms with E-state index in [4.69, 9.17) is 0 Å². The van der Waals surface area contributed by atoms with Crippen LogP contribution in [-0.4, -0.2) is 31.3 Å². The molecule has 1 aliphatic heterocycles. The molecule has 0 fully saturated rings. The molecule has 1 heterocycles. The molecule has 1 rings (SSSR count). The minimum atomic E-state index is 0.782. The van der Waals surface area contributed by atoms with Gasteiger partial charge >= 0.3 is 0 Å². The summed E-state index contributed by atoms with van der Waals surface area (Å²) in [5.41, 5.74) is 0.883. The maximum atomic E-state index is 10.4. The minimum Gasteiger partial charge on any atom is -0.302 e. The highest BCUT2D eigenvalue weighted by molar-refractivity contribution is 9.11. The second-order valence-corrected chi connectivity index (χ2v) is 3.49. The van der Waals surface area contributed by atoms with E-state index in [1.54, 1.807) is 0 Å². The molecule has 0 saturated heterocycles. The van der Waals surface area contributed by atoms with Crippen molar-refractivity contribution in [2.45, 2.75) is 6.42 Å². The summed E-state index contributed by atoms with van der Waals surface area (Å²) in [5.74, 6) is 0. The van der Waals surface area contributed by atoms with Crippen molar-refractivity contribution in [3.05, 3.63) is 10.1 Å². The number of nitrogens with zero attached hydrogens (tertiary/aromatic N) is 1. The summed E-state index contributed by atoms with van der Waals surface area (Å²) in [6, 6.07) is 0. The molecule has 0 saturated carbocycles. The quantitative estimate of drug-likeness (QED) is 0.597. The molecule has 10 heavy (non-hydrogen) atoms. The van der Waals surface area contributed by atoms with E-state index in [2.05, 4.69) is 20.8 Å². The Morgan fingerprint density at radius 1 is 1.70 bits per heavy atom. The maximum absolute atomic E-state index is 10.4. The van der Waals surface area contributed by atoms with Crippen molar-refractivity contribution in [1.82, 2.24) is 4.90 Å². The van der Waals surface area contributed by atoms with Gasteiger partial charge in [-0.2, -0.15) is 0 Å². The van der Waals surface area contributed by atoms with E-state index in [0.717, 1.165) is 35.9 Å². The van der Waals surface area contributed by atoms with Crippen LogP contribution in [0.5, 0.6) is 0 Å². The summed E-state index contributed by atoms with van der Waals surface area (Å²) >= 11 is 3.36. The Hall–Kier alpha value is -0.150. The molecule has 2 nitrogen and oxygen atoms in total. The molecule has 0 aromatic heterocycles. The Morgan fingerprint density at radius 3 is 2.90 bits per heavy atom. The topological polar surface area (TPSA) is 20.3 Å². The number of halogens is 1. The lowest BCUT2D eigenvalue weighted by Crippen LogP contribution is -2.27. The van der Waals surface area contributed by atoms with Gasteiger partial charge in [0.15, 0.2) is 0 Å². The first-order valence-corrected chi connectivity index (χ1v) is 4.04. The summed E-state index contributed by atoms with van der Waals surface area (Å²) in [4.78, 5) is 12.5. The Balaban J connectivity index is 2.71. The average molecular weight is 204 g/mol. The predicted molar refractivity (Wildman–Crippen MR) is 44.1 cm³/mol. The Kier molecular flexibility index (Phi) is 2.63. The molecule has 56 valence electrons. The molecule has 0 atom stereocenters. The van der Waals surface area contributed by atoms with Crippen LogP contribution in [0.1, 0.15) is 6.42 Å². The highest BCUT2D eigenvalue weighted by atomic mass is 79.9. The smallest absolute Gasteiger partial charge is 0.148 e. The van der Waals surface area contributed by atoms with Gasteiger partial charge < -0.3 is 4.90 Å². The third kappa shape index (κ3) is 1.67. The number of carbonyl (C=O) groups is 1. The highest BCUT2D eigenvalue weighted by Crippen LogP contribution is 2.20. The number of rotatable bonds is 1. The number of aldehydes is 1. The fourth-order valence-corrected chi connectivity index (χ4v) is 1.40. The standard InChI is InChI=1S/C7H10BrNO/c1-9-3-2-7(8)6(4-9)5-10/h5H,2-4H2,1H3. The number of hydrogen-bond donors (Lipinski definition) is 0. The van der Waals surface area contributed by atoms with E-state index in [9.17, 15) is 4.79 Å². The molecule has 0 unspecified atom stereocenters. The molecular formula is C7H10BrNO. The van der Waals surface area contributed by atoms with Gasteiger partial charge in [-0.1, -0.05) is 15.9 Å². The molecule has 0 spiro atoms. The van der Waals surface area contributed by atoms with Crippen LogP contribution < -0.4 is 0 Å². The average Bonchev–Trinajstić information content (AvgIpc) is 1.94. The summed E-state index contributed by atoms with van der Waals surface area (Å²) in [6.07, 6.45) is 1.89. The third-order valence-corrected chi connectivity index (χ3v) is 2.55. The monoisotopic (exact) mass is 203 g/mol. The molecule has 0 N–H and O–H groups in total. The van der Waals surface area contributed by atoms with Crippen LogP contribution in [0.25, 0.3) is 0 Å². The van der Waals surface area contributed by atoms with E-state index in [0.29, 0.717) is 0 Å². The largest absolute Gasteiger partial charge is 0.302 e. The predicted octanol–water partition coefficient (Wildman–Crippen LogP) is 1.17. The molecule has 0 aliphatic carbocycles. The van der Waals surface area contributed by atoms with E-state index in [-0.39, 0.29) is 0 Å². The van der Waals surface area contributed by atoms with Crippen molar-refractivity contribution in [2.24, 2.45) is 0 Å². The first-order chi connectivity index (χ1) is 4.74. The van der Waals surface area contributed by atoms with Crippen molar-refractivity contribution in [2.75, 3.05) is 20.1 Å². The molecule has 1 aliphatic rings. The molecule has 0 radical (unpaired) electrons. The molecule has 3 heteroatoms. The van der Waals surface area contributed by atoms with E-state index < -0.39 is 0 Å². The first kappa shape index (κ1) is 7.95. The van der Waals surface area contributed by atoms with Gasteiger partial charge in [-0.05, 0) is 13.5 Å². The molecular weight excluding hydrogens is 194 g/mol. The van der Waals surface area contributed by atoms with Crippen LogP contribution in [0.15, 0.2) is 10.1 Å². The second-order valence-electron chi connectivity index (χ2n) is 2.54. The maximum Gasteiger partial charge on any atom is 0.148 e. The van der Waals surface area contributed by atoms with Gasteiger partial charge in [0.1, 0.15) is 6.29 Å². The summed E-state index contributed by atoms with van der Waals surface area (Å²) in [6.45, 7) is 1.82. The number of carbonyl (C=O) groups excluding carboxylic acids is 1. The summed E-state index contributed by atoms with van der Waals surface area (Å²) in [5, 5.41) is 0. The lowest BCUT2D eigenvalue weighted by molar-refractivity contribution is -0.105. The van der Waals surface area contributed by atoms with Crippen molar-refractivity contribution in [1.29, 1.82) is 0 Å². The van der Waals surface area contributed by atoms with Crippen molar-refractivity contribution in [3.63, 3.8) is 0 Å². The van der Waals surface area contributed by atoms with Gasteiger partial charge in [0, 0.05) is 23.1 Å². The van der Waals surface area contributed by atoms with Gasteiger partial charge in [0.2, 0.25) is 0 Å². The lowest BCUT2D eigenvalue weighted by atomic mass is 10.1. The van der Waals surface area contributed by atoms with E-state index in [1.165, 1.54) is 0 Å². The van der Waals surface area contributed by atoms with Crippen LogP contribution in [0.4, 0.5) is 0 Å². The van der Waals surface area contributed by atoms with Gasteiger partial charge in [-0.25, -0.2) is 0 Å². The van der Waals surface area contributed by atoms with Crippen LogP contribution in [0, 0.1) is 0 Å². The molecule has 0 aromatic rings. The Labute approximate surface area is 69.0 Å². The van der Waals surface area contributed by atoms with Crippen LogP contribution >= 0.6 is 15.9 Å². The normalized spacial score (nSPS) is 21.4. The Bertz CT molecular complexity index is 176. The van der Waals surface area contributed by atoms with Crippen LogP contribution in [0.2, 0.25) is 0 Å². The molecule has 0 amide bonds. The van der Waals surface area contributed by atoms with Crippen molar-refractivity contribution < 1.29 is 4.79 Å². The Morgan fingerprint density at radius 2 is 2.40 bits per heavy atom. The fourth-order valence-electron chi connectivity index (χ4n) is 1.01. The zero-order valence-corrected chi connectivity index (χ0v) is 7.52. The van der Waals surface area contributed by atoms with Crippen LogP contribution in [0.3, 0.4) is 0 Å². The zero-order chi connectivity index (χ0) is 7.56. The minimum absolute atomic E-state index is 0.782. The van der Waals surface area contributed by atoms with Gasteiger partial charge in [0.05, 0.1) is 0 Å². The summed E-state index contributed by atoms with van der Waals surface area (Å²) in [7, 11) is 2.02. The first-order valence-electron chi connectivity index (χ1n) is 3.25. The van der Waals surface area contributed by atoms with Crippen molar-refractivity contribution >= 4 is 22.2 Å². The third-order valence-electron chi connectivity index (χ3n) is 1.64. The van der Waals surface area contributed by atoms with E-state index >= 15 is 0 Å². The SMILES string of the molecule is CN1CCC(Br)=C(C=O)C1. The zero-order valence-electron chi connectivity index (χ0n) is 5.93. The van der Waals surface area contributed by atoms with Crippen LogP contribution in [-0.2, 0) is 4.79 Å². The summed E-state index contributed by atoms with van der Waals surface area (Å²) < 4.78 is 1.07. The lowest BCUT2D eigenvalue weighted by Gasteiger charge is -2.22. The van der Waals surface area contributed by atoms with Crippen molar-refractivity contribution in [3.8, 4) is 0 Å². The number of hydrogen-bond acceptors (Lipinski definition) is 2. The van der Waals surface area contributed by atoms with Gasteiger partial charge in [0.25, 0.3) is 0 Å². The molecule has 0 bridgehead atoms. The highest BCUT2D eigenvalue weighted by Gasteiger charge is 2.12.